The minimum Gasteiger partial charge on any atom is -0.461 e. The van der Waals surface area contributed by atoms with Gasteiger partial charge in [-0.3, -0.25) is 24.5 Å². The summed E-state index contributed by atoms with van der Waals surface area (Å²) >= 11 is 0. The Kier molecular flexibility index (Phi) is 10.7. The molecule has 3 amide bonds. The summed E-state index contributed by atoms with van der Waals surface area (Å²) in [6, 6.07) is 3.22. The zero-order valence-electron chi connectivity index (χ0n) is 19.4. The highest BCUT2D eigenvalue weighted by atomic mass is 16.6. The lowest BCUT2D eigenvalue weighted by atomic mass is 10.1. The molecule has 186 valence electrons. The van der Waals surface area contributed by atoms with Crippen molar-refractivity contribution in [2.75, 3.05) is 0 Å². The maximum Gasteiger partial charge on any atom is 0.408 e. The zero-order valence-corrected chi connectivity index (χ0v) is 19.4. The van der Waals surface area contributed by atoms with Crippen LogP contribution in [-0.4, -0.2) is 46.5 Å². The predicted octanol–water partition coefficient (Wildman–Crippen LogP) is 1.86. The Hall–Kier alpha value is -3.96. The van der Waals surface area contributed by atoms with Crippen LogP contribution in [0.2, 0.25) is 0 Å². The molecule has 0 aromatic heterocycles. The molecule has 0 fully saturated rings. The first-order chi connectivity index (χ1) is 15.8. The number of rotatable bonds is 12. The predicted molar refractivity (Wildman–Crippen MR) is 121 cm³/mol. The quantitative estimate of drug-likeness (QED) is 0.176. The number of alkyl carbamates (subject to hydrolysis) is 1. The van der Waals surface area contributed by atoms with Crippen LogP contribution in [-0.2, 0) is 30.5 Å². The van der Waals surface area contributed by atoms with Gasteiger partial charge in [0.1, 0.15) is 24.3 Å². The molecule has 0 aliphatic carbocycles. The van der Waals surface area contributed by atoms with Crippen molar-refractivity contribution >= 4 is 29.6 Å². The second-order valence-corrected chi connectivity index (χ2v) is 8.31. The van der Waals surface area contributed by atoms with Gasteiger partial charge in [-0.05, 0) is 51.3 Å². The van der Waals surface area contributed by atoms with Crippen LogP contribution in [0.25, 0.3) is 0 Å². The Bertz CT molecular complexity index is 908. The van der Waals surface area contributed by atoms with E-state index in [2.05, 4.69) is 17.2 Å². The molecule has 34 heavy (non-hydrogen) atoms. The highest BCUT2D eigenvalue weighted by Gasteiger charge is 2.27. The van der Waals surface area contributed by atoms with Crippen LogP contribution in [0.3, 0.4) is 0 Å². The number of nitro groups is 1. The third-order valence-corrected chi connectivity index (χ3v) is 4.25. The lowest BCUT2D eigenvalue weighted by Crippen LogP contribution is -2.53. The topological polar surface area (TPSA) is 180 Å². The number of carbonyl (C=O) groups excluding carboxylic acids is 4. The third kappa shape index (κ3) is 10.6. The summed E-state index contributed by atoms with van der Waals surface area (Å²) in [7, 11) is 0. The van der Waals surface area contributed by atoms with Crippen molar-refractivity contribution in [1.82, 2.24) is 10.6 Å². The zero-order chi connectivity index (χ0) is 25.9. The van der Waals surface area contributed by atoms with E-state index in [0.717, 1.165) is 0 Å². The molecule has 0 saturated carbocycles. The number of benzene rings is 1. The monoisotopic (exact) mass is 478 g/mol. The molecule has 2 atom stereocenters. The van der Waals surface area contributed by atoms with E-state index in [1.54, 1.807) is 20.8 Å². The lowest BCUT2D eigenvalue weighted by Gasteiger charge is -2.24. The summed E-state index contributed by atoms with van der Waals surface area (Å²) in [5.41, 5.74) is 5.02. The number of carbonyl (C=O) groups is 4. The van der Waals surface area contributed by atoms with Gasteiger partial charge >= 0.3 is 12.1 Å². The average Bonchev–Trinajstić information content (AvgIpc) is 2.73. The SMILES string of the molecule is C=CC[C@H](NC(=O)OC(C)(C)C)C(=O)N[C@@H](CCC(=O)OCc1ccc([N+](=O)[O-])cc1)C(N)=O. The van der Waals surface area contributed by atoms with E-state index in [1.165, 1.54) is 30.3 Å². The molecule has 0 bridgehead atoms. The number of nitrogens with one attached hydrogen (secondary N) is 2. The number of esters is 1. The van der Waals surface area contributed by atoms with Crippen molar-refractivity contribution in [2.24, 2.45) is 5.73 Å². The van der Waals surface area contributed by atoms with Crippen LogP contribution < -0.4 is 16.4 Å². The first kappa shape index (κ1) is 28.1. The number of nitrogens with zero attached hydrogens (tertiary/aromatic N) is 1. The number of ether oxygens (including phenoxy) is 2. The van der Waals surface area contributed by atoms with Crippen LogP contribution in [0.5, 0.6) is 0 Å². The Morgan fingerprint density at radius 1 is 1.15 bits per heavy atom. The highest BCUT2D eigenvalue weighted by Crippen LogP contribution is 2.13. The van der Waals surface area contributed by atoms with E-state index >= 15 is 0 Å². The van der Waals surface area contributed by atoms with E-state index in [0.29, 0.717) is 5.56 Å². The van der Waals surface area contributed by atoms with Gasteiger partial charge in [0.05, 0.1) is 4.92 Å². The van der Waals surface area contributed by atoms with E-state index in [1.807, 2.05) is 0 Å². The minimum atomic E-state index is -1.19. The van der Waals surface area contributed by atoms with Crippen LogP contribution in [0.15, 0.2) is 36.9 Å². The van der Waals surface area contributed by atoms with Crippen LogP contribution in [0, 0.1) is 10.1 Å². The van der Waals surface area contributed by atoms with Crippen molar-refractivity contribution in [3.8, 4) is 0 Å². The Balaban J connectivity index is 2.62. The fraction of sp³-hybridized carbons (Fsp3) is 0.455. The van der Waals surface area contributed by atoms with Crippen molar-refractivity contribution in [3.63, 3.8) is 0 Å². The molecule has 0 saturated heterocycles. The number of hydrogen-bond acceptors (Lipinski definition) is 8. The molecular weight excluding hydrogens is 448 g/mol. The highest BCUT2D eigenvalue weighted by molar-refractivity contribution is 5.91. The number of amides is 3. The van der Waals surface area contributed by atoms with Gasteiger partial charge in [-0.2, -0.15) is 0 Å². The fourth-order valence-corrected chi connectivity index (χ4v) is 2.62. The molecule has 1 aromatic rings. The van der Waals surface area contributed by atoms with Crippen molar-refractivity contribution in [1.29, 1.82) is 0 Å². The molecule has 1 rings (SSSR count). The normalized spacial score (nSPS) is 12.6. The first-order valence-corrected chi connectivity index (χ1v) is 10.4. The van der Waals surface area contributed by atoms with Gasteiger partial charge in [-0.1, -0.05) is 6.08 Å². The number of hydrogen-bond donors (Lipinski definition) is 3. The lowest BCUT2D eigenvalue weighted by molar-refractivity contribution is -0.384. The summed E-state index contributed by atoms with van der Waals surface area (Å²) in [4.78, 5) is 58.5. The summed E-state index contributed by atoms with van der Waals surface area (Å²) in [6.07, 6.45) is 0.296. The van der Waals surface area contributed by atoms with E-state index in [4.69, 9.17) is 15.2 Å². The van der Waals surface area contributed by atoms with Crippen molar-refractivity contribution in [3.05, 3.63) is 52.6 Å². The molecule has 12 heteroatoms. The number of nitro benzene ring substituents is 1. The number of nitrogens with two attached hydrogens (primary N) is 1. The van der Waals surface area contributed by atoms with E-state index in [9.17, 15) is 29.3 Å². The Morgan fingerprint density at radius 2 is 1.76 bits per heavy atom. The molecule has 0 spiro atoms. The maximum absolute atomic E-state index is 12.6. The van der Waals surface area contributed by atoms with Gasteiger partial charge in [0.15, 0.2) is 0 Å². The molecule has 4 N–H and O–H groups in total. The molecule has 0 aliphatic heterocycles. The second-order valence-electron chi connectivity index (χ2n) is 8.31. The minimum absolute atomic E-state index is 0.0633. The van der Waals surface area contributed by atoms with Crippen LogP contribution >= 0.6 is 0 Å². The maximum atomic E-state index is 12.6. The molecule has 0 unspecified atom stereocenters. The van der Waals surface area contributed by atoms with Gasteiger partial charge < -0.3 is 25.8 Å². The molecule has 0 radical (unpaired) electrons. The van der Waals surface area contributed by atoms with E-state index in [-0.39, 0.29) is 31.6 Å². The van der Waals surface area contributed by atoms with Crippen molar-refractivity contribution < 1.29 is 33.6 Å². The standard InChI is InChI=1S/C22H30N4O8/c1-5-6-17(25-21(30)34-22(2,3)4)20(29)24-16(19(23)28)11-12-18(27)33-13-14-7-9-15(10-8-14)26(31)32/h5,7-10,16-17H,1,6,11-13H2,2-4H3,(H2,23,28)(H,24,29)(H,25,30)/t16-,17-/m0/s1. The summed E-state index contributed by atoms with van der Waals surface area (Å²) in [5.74, 6) is -2.23. The van der Waals surface area contributed by atoms with Gasteiger partial charge in [0.2, 0.25) is 11.8 Å². The second kappa shape index (κ2) is 12.9. The Labute approximate surface area is 197 Å². The van der Waals surface area contributed by atoms with Crippen molar-refractivity contribution in [2.45, 2.75) is 64.3 Å². The van der Waals surface area contributed by atoms with Gasteiger partial charge in [0.25, 0.3) is 5.69 Å². The van der Waals surface area contributed by atoms with Crippen LogP contribution in [0.4, 0.5) is 10.5 Å². The molecule has 0 heterocycles. The number of primary amides is 1. The molecule has 0 aliphatic rings. The number of non-ortho nitro benzene ring substituents is 1. The Morgan fingerprint density at radius 3 is 2.26 bits per heavy atom. The third-order valence-electron chi connectivity index (χ3n) is 4.25. The largest absolute Gasteiger partial charge is 0.461 e. The summed E-state index contributed by atoms with van der Waals surface area (Å²) in [6.45, 7) is 8.42. The first-order valence-electron chi connectivity index (χ1n) is 10.4. The molecule has 1 aromatic carbocycles. The smallest absolute Gasteiger partial charge is 0.408 e. The average molecular weight is 479 g/mol. The van der Waals surface area contributed by atoms with Gasteiger partial charge in [0, 0.05) is 18.6 Å². The molecule has 12 nitrogen and oxygen atoms in total. The molecular formula is C22H30N4O8. The fourth-order valence-electron chi connectivity index (χ4n) is 2.62. The van der Waals surface area contributed by atoms with Gasteiger partial charge in [-0.25, -0.2) is 4.79 Å². The van der Waals surface area contributed by atoms with Crippen LogP contribution in [0.1, 0.15) is 45.6 Å². The van der Waals surface area contributed by atoms with Gasteiger partial charge in [-0.15, -0.1) is 6.58 Å². The van der Waals surface area contributed by atoms with E-state index < -0.39 is 46.5 Å². The summed E-state index contributed by atoms with van der Waals surface area (Å²) in [5, 5.41) is 15.5. The summed E-state index contributed by atoms with van der Waals surface area (Å²) < 4.78 is 10.2.